The predicted molar refractivity (Wildman–Crippen MR) is 105 cm³/mol. The van der Waals surface area contributed by atoms with Gasteiger partial charge in [0.05, 0.1) is 23.3 Å². The van der Waals surface area contributed by atoms with Crippen molar-refractivity contribution in [3.05, 3.63) is 88.2 Å². The number of hydrogen-bond donors (Lipinski definition) is 0. The Morgan fingerprint density at radius 2 is 1.73 bits per heavy atom. The Morgan fingerprint density at radius 1 is 0.962 bits per heavy atom. The Kier molecular flexibility index (Phi) is 4.74. The number of aryl methyl sites for hydroxylation is 2. The fourth-order valence-corrected chi connectivity index (χ4v) is 3.21. The Hall–Kier alpha value is -3.56. The van der Waals surface area contributed by atoms with Crippen molar-refractivity contribution < 1.29 is 0 Å². The maximum absolute atomic E-state index is 9.62. The van der Waals surface area contributed by atoms with Crippen LogP contribution in [-0.4, -0.2) is 4.57 Å². The minimum atomic E-state index is 0.548. The molecule has 0 saturated carbocycles. The first-order valence-electron chi connectivity index (χ1n) is 8.42. The minimum Gasteiger partial charge on any atom is -0.318 e. The molecule has 0 N–H and O–H groups in total. The predicted octanol–water partition coefficient (Wildman–Crippen LogP) is 5.34. The van der Waals surface area contributed by atoms with Crippen LogP contribution in [0.5, 0.6) is 0 Å². The van der Waals surface area contributed by atoms with Gasteiger partial charge in [-0.05, 0) is 67.8 Å². The van der Waals surface area contributed by atoms with Gasteiger partial charge in [-0.15, -0.1) is 0 Å². The van der Waals surface area contributed by atoms with Crippen LogP contribution < -0.4 is 0 Å². The zero-order chi connectivity index (χ0) is 18.7. The number of hydrogen-bond acceptors (Lipinski definition) is 2. The Bertz CT molecular complexity index is 1090. The van der Waals surface area contributed by atoms with Gasteiger partial charge < -0.3 is 4.57 Å². The molecule has 0 radical (unpaired) electrons. The first-order valence-corrected chi connectivity index (χ1v) is 8.42. The van der Waals surface area contributed by atoms with E-state index in [9.17, 15) is 5.26 Å². The van der Waals surface area contributed by atoms with E-state index in [4.69, 9.17) is 5.26 Å². The first-order chi connectivity index (χ1) is 12.5. The van der Waals surface area contributed by atoms with Crippen LogP contribution in [-0.2, 0) is 0 Å². The van der Waals surface area contributed by atoms with Gasteiger partial charge in [-0.3, -0.25) is 0 Å². The zero-order valence-corrected chi connectivity index (χ0v) is 15.1. The van der Waals surface area contributed by atoms with Crippen LogP contribution in [0.2, 0.25) is 0 Å². The Labute approximate surface area is 154 Å². The lowest BCUT2D eigenvalue weighted by Gasteiger charge is -2.12. The summed E-state index contributed by atoms with van der Waals surface area (Å²) in [6.45, 7) is 6.23. The topological polar surface area (TPSA) is 52.5 Å². The molecule has 0 aliphatic carbocycles. The molecule has 2 aromatic carbocycles. The molecule has 0 bridgehead atoms. The summed E-state index contributed by atoms with van der Waals surface area (Å²) in [6, 6.07) is 21.9. The van der Waals surface area contributed by atoms with Crippen LogP contribution in [0.3, 0.4) is 0 Å². The third-order valence-electron chi connectivity index (χ3n) is 4.55. The third kappa shape index (κ3) is 3.16. The van der Waals surface area contributed by atoms with Gasteiger partial charge in [-0.1, -0.05) is 30.3 Å². The van der Waals surface area contributed by atoms with Gasteiger partial charge in [-0.25, -0.2) is 0 Å². The molecule has 3 aromatic rings. The summed E-state index contributed by atoms with van der Waals surface area (Å²) in [5, 5.41) is 18.7. The summed E-state index contributed by atoms with van der Waals surface area (Å²) < 4.78 is 2.21. The number of nitriles is 2. The highest BCUT2D eigenvalue weighted by atomic mass is 15.0. The average molecular weight is 337 g/mol. The molecular weight excluding hydrogens is 318 g/mol. The van der Waals surface area contributed by atoms with E-state index < -0.39 is 0 Å². The smallest absolute Gasteiger partial charge is 0.0998 e. The molecule has 0 aliphatic heterocycles. The summed E-state index contributed by atoms with van der Waals surface area (Å²) in [5.41, 5.74) is 7.41. The molecular formula is C23H19N3. The van der Waals surface area contributed by atoms with E-state index in [2.05, 4.69) is 55.7 Å². The maximum atomic E-state index is 9.62. The van der Waals surface area contributed by atoms with Crippen molar-refractivity contribution in [1.82, 2.24) is 4.57 Å². The quantitative estimate of drug-likeness (QED) is 0.606. The molecule has 0 amide bonds. The molecule has 0 atom stereocenters. The van der Waals surface area contributed by atoms with Crippen LogP contribution in [0.4, 0.5) is 0 Å². The molecule has 1 heterocycles. The molecule has 0 fully saturated rings. The molecule has 0 spiro atoms. The summed E-state index contributed by atoms with van der Waals surface area (Å²) >= 11 is 0. The van der Waals surface area contributed by atoms with Gasteiger partial charge in [0, 0.05) is 17.1 Å². The second kappa shape index (κ2) is 7.13. The van der Waals surface area contributed by atoms with Crippen LogP contribution >= 0.6 is 0 Å². The standard InChI is InChI=1S/C23H19N3/c1-16-7-4-5-10-23(16)26-17(2)11-21(18(26)3)13-22(15-25)20-9-6-8-19(12-20)14-24/h4-13H,1-3H3. The van der Waals surface area contributed by atoms with Crippen molar-refractivity contribution in [2.45, 2.75) is 20.8 Å². The normalized spacial score (nSPS) is 11.0. The van der Waals surface area contributed by atoms with Crippen molar-refractivity contribution in [2.75, 3.05) is 0 Å². The number of benzene rings is 2. The number of para-hydroxylation sites is 1. The largest absolute Gasteiger partial charge is 0.318 e. The van der Waals surface area contributed by atoms with E-state index >= 15 is 0 Å². The van der Waals surface area contributed by atoms with E-state index in [-0.39, 0.29) is 0 Å². The van der Waals surface area contributed by atoms with E-state index in [1.165, 1.54) is 5.56 Å². The van der Waals surface area contributed by atoms with Crippen LogP contribution in [0.25, 0.3) is 17.3 Å². The summed E-state index contributed by atoms with van der Waals surface area (Å²) in [7, 11) is 0. The maximum Gasteiger partial charge on any atom is 0.0998 e. The van der Waals surface area contributed by atoms with E-state index in [0.29, 0.717) is 11.1 Å². The highest BCUT2D eigenvalue weighted by Crippen LogP contribution is 2.26. The lowest BCUT2D eigenvalue weighted by Crippen LogP contribution is -2.01. The Balaban J connectivity index is 2.12. The van der Waals surface area contributed by atoms with Gasteiger partial charge in [0.1, 0.15) is 0 Å². The van der Waals surface area contributed by atoms with Crippen LogP contribution in [0, 0.1) is 43.4 Å². The molecule has 0 saturated heterocycles. The summed E-state index contributed by atoms with van der Waals surface area (Å²) in [4.78, 5) is 0. The lowest BCUT2D eigenvalue weighted by molar-refractivity contribution is 0.954. The van der Waals surface area contributed by atoms with Crippen LogP contribution in [0.1, 0.15) is 33.6 Å². The van der Waals surface area contributed by atoms with Crippen molar-refractivity contribution in [3.63, 3.8) is 0 Å². The second-order valence-electron chi connectivity index (χ2n) is 6.31. The van der Waals surface area contributed by atoms with E-state index in [1.54, 1.807) is 18.2 Å². The number of allylic oxidation sites excluding steroid dienone is 1. The molecule has 0 unspecified atom stereocenters. The molecule has 3 nitrogen and oxygen atoms in total. The first kappa shape index (κ1) is 17.3. The van der Waals surface area contributed by atoms with E-state index in [0.717, 1.165) is 28.2 Å². The minimum absolute atomic E-state index is 0.548. The lowest BCUT2D eigenvalue weighted by atomic mass is 10.0. The highest BCUT2D eigenvalue weighted by Gasteiger charge is 2.12. The van der Waals surface area contributed by atoms with Gasteiger partial charge in [0.25, 0.3) is 0 Å². The fraction of sp³-hybridized carbons (Fsp3) is 0.130. The molecule has 126 valence electrons. The zero-order valence-electron chi connectivity index (χ0n) is 15.1. The van der Waals surface area contributed by atoms with Crippen LogP contribution in [0.15, 0.2) is 54.6 Å². The SMILES string of the molecule is Cc1ccccc1-n1c(C)cc(C=C(C#N)c2cccc(C#N)c2)c1C. The van der Waals surface area contributed by atoms with Gasteiger partial charge >= 0.3 is 0 Å². The number of rotatable bonds is 3. The summed E-state index contributed by atoms with van der Waals surface area (Å²) in [5.74, 6) is 0. The van der Waals surface area contributed by atoms with Crippen molar-refractivity contribution in [3.8, 4) is 17.8 Å². The van der Waals surface area contributed by atoms with Crippen molar-refractivity contribution in [2.24, 2.45) is 0 Å². The molecule has 0 aliphatic rings. The molecule has 1 aromatic heterocycles. The number of nitrogens with zero attached hydrogens (tertiary/aromatic N) is 3. The van der Waals surface area contributed by atoms with Gasteiger partial charge in [0.15, 0.2) is 0 Å². The fourth-order valence-electron chi connectivity index (χ4n) is 3.21. The van der Waals surface area contributed by atoms with Gasteiger partial charge in [-0.2, -0.15) is 10.5 Å². The van der Waals surface area contributed by atoms with Gasteiger partial charge in [0.2, 0.25) is 0 Å². The van der Waals surface area contributed by atoms with Crippen molar-refractivity contribution in [1.29, 1.82) is 10.5 Å². The molecule has 3 rings (SSSR count). The third-order valence-corrected chi connectivity index (χ3v) is 4.55. The monoisotopic (exact) mass is 337 g/mol. The van der Waals surface area contributed by atoms with Crippen molar-refractivity contribution >= 4 is 11.6 Å². The molecule has 26 heavy (non-hydrogen) atoms. The Morgan fingerprint density at radius 3 is 2.42 bits per heavy atom. The number of aromatic nitrogens is 1. The van der Waals surface area contributed by atoms with E-state index in [1.807, 2.05) is 24.3 Å². The second-order valence-corrected chi connectivity index (χ2v) is 6.31. The summed E-state index contributed by atoms with van der Waals surface area (Å²) in [6.07, 6.45) is 1.90. The molecule has 3 heteroatoms. The average Bonchev–Trinajstić information content (AvgIpc) is 2.93. The highest BCUT2D eigenvalue weighted by molar-refractivity contribution is 5.90.